The second-order valence-corrected chi connectivity index (χ2v) is 18.2. The van der Waals surface area contributed by atoms with Crippen molar-refractivity contribution in [2.24, 2.45) is 0 Å². The molecule has 0 radical (unpaired) electrons. The molecular weight excluding hydrogens is 857 g/mol. The Kier molecular flexibility index (Phi) is 14.0. The molecule has 346 valence electrons. The average Bonchev–Trinajstić information content (AvgIpc) is 3.63. The van der Waals surface area contributed by atoms with Crippen LogP contribution in [-0.4, -0.2) is 101 Å². The summed E-state index contributed by atoms with van der Waals surface area (Å²) in [6, 6.07) is 8.31. The molecule has 3 saturated heterocycles. The number of rotatable bonds is 11. The number of carbonyl (C=O) groups excluding carboxylic acids is 4. The maximum atomic E-state index is 15.3. The first kappa shape index (κ1) is 45.9. The van der Waals surface area contributed by atoms with Crippen molar-refractivity contribution >= 4 is 63.6 Å². The van der Waals surface area contributed by atoms with Crippen LogP contribution in [0.5, 0.6) is 5.75 Å². The van der Waals surface area contributed by atoms with Gasteiger partial charge in [0.1, 0.15) is 16.9 Å². The third kappa shape index (κ3) is 9.97. The number of aryl methyl sites for hydroxylation is 1. The van der Waals surface area contributed by atoms with Gasteiger partial charge in [0.2, 0.25) is 17.8 Å². The molecule has 2 aromatic heterocycles. The maximum Gasteiger partial charge on any atom is 0.293 e. The number of anilines is 3. The molecule has 1 saturated carbocycles. The summed E-state index contributed by atoms with van der Waals surface area (Å²) in [6.07, 6.45) is 10.2. The van der Waals surface area contributed by atoms with E-state index in [1.54, 1.807) is 22.9 Å². The van der Waals surface area contributed by atoms with Crippen LogP contribution in [0.3, 0.4) is 0 Å². The molecule has 1 unspecified atom stereocenters. The summed E-state index contributed by atoms with van der Waals surface area (Å²) in [6.45, 7) is 8.93. The Morgan fingerprint density at radius 3 is 2.42 bits per heavy atom. The van der Waals surface area contributed by atoms with Crippen LogP contribution in [0, 0.1) is 12.7 Å². The van der Waals surface area contributed by atoms with E-state index in [9.17, 15) is 24.0 Å². The normalized spacial score (nSPS) is 19.4. The molecule has 2 aromatic carbocycles. The lowest BCUT2D eigenvalue weighted by Crippen LogP contribution is -2.52. The lowest BCUT2D eigenvalue weighted by molar-refractivity contribution is -0.137. The van der Waals surface area contributed by atoms with Gasteiger partial charge in [0.25, 0.3) is 17.4 Å². The Balaban J connectivity index is 0.000000192. The highest BCUT2D eigenvalue weighted by Gasteiger charge is 2.42. The molecule has 16 nitrogen and oxygen atoms in total. The highest BCUT2D eigenvalue weighted by molar-refractivity contribution is 6.33. The molecule has 1 atom stereocenters. The Bertz CT molecular complexity index is 2540. The van der Waals surface area contributed by atoms with Gasteiger partial charge in [0.15, 0.2) is 18.2 Å². The molecular formula is C47H57ClFN9O7. The summed E-state index contributed by atoms with van der Waals surface area (Å²) in [5.41, 5.74) is 3.43. The number of benzene rings is 2. The summed E-state index contributed by atoms with van der Waals surface area (Å²) in [5.74, 6) is -0.340. The molecule has 4 amide bonds. The van der Waals surface area contributed by atoms with E-state index in [0.29, 0.717) is 45.7 Å². The number of nitrogens with one attached hydrogen (secondary N) is 4. The van der Waals surface area contributed by atoms with Crippen LogP contribution in [0.15, 0.2) is 41.3 Å². The number of pyridine rings is 1. The number of carbonyl (C=O) groups is 4. The minimum absolute atomic E-state index is 0.0892. The highest BCUT2D eigenvalue weighted by atomic mass is 35.5. The van der Waals surface area contributed by atoms with Gasteiger partial charge in [-0.3, -0.25) is 29.3 Å². The van der Waals surface area contributed by atoms with Crippen LogP contribution in [-0.2, 0) is 25.7 Å². The van der Waals surface area contributed by atoms with Crippen LogP contribution >= 0.6 is 11.6 Å². The first-order valence-electron chi connectivity index (χ1n) is 22.7. The minimum Gasteiger partial charge on any atom is -0.478 e. The van der Waals surface area contributed by atoms with E-state index >= 15 is 4.39 Å². The molecule has 65 heavy (non-hydrogen) atoms. The number of nitrogens with zero attached hydrogens (tertiary/aromatic N) is 5. The van der Waals surface area contributed by atoms with E-state index in [4.69, 9.17) is 26.1 Å². The standard InChI is InChI=1S/C28H35ClN6O4.C19H22FN3O3/c1-17(2)35-23-8-7-19(13-18(23)14-24(27(35)37)38-16-25(36)30-3)32-26-22(29)15-31-28(33-26)34-11-9-21(10-12-34)39-20-5-4-6-20;1-10-8-12(11-4-6-21-7-5-11)17(20)13-9-23(19(26)16(10)13)14-2-3-15(24)22-18(14)25/h7-8,13-15,17,20-21H,4-6,9-12,16H2,1-3H3,(H,30,36)(H,31,32,33);8,11,14,21H,2-7,9H2,1H3,(H,22,24,25). The topological polar surface area (TPSA) is 189 Å². The maximum absolute atomic E-state index is 15.3. The minimum atomic E-state index is -0.714. The molecule has 5 aliphatic rings. The van der Waals surface area contributed by atoms with Gasteiger partial charge >= 0.3 is 0 Å². The summed E-state index contributed by atoms with van der Waals surface area (Å²) in [7, 11) is 1.52. The number of halogens is 2. The van der Waals surface area contributed by atoms with Crippen molar-refractivity contribution in [2.45, 2.75) is 115 Å². The molecule has 4 aromatic rings. The lowest BCUT2D eigenvalue weighted by Gasteiger charge is -2.36. The van der Waals surface area contributed by atoms with Gasteiger partial charge in [-0.1, -0.05) is 17.7 Å². The molecule has 6 heterocycles. The Morgan fingerprint density at radius 2 is 1.74 bits per heavy atom. The van der Waals surface area contributed by atoms with Crippen LogP contribution in [0.1, 0.15) is 111 Å². The van der Waals surface area contributed by atoms with Crippen LogP contribution in [0.4, 0.5) is 21.8 Å². The third-order valence-electron chi connectivity index (χ3n) is 13.1. The Hall–Kier alpha value is -5.65. The van der Waals surface area contributed by atoms with E-state index in [0.717, 1.165) is 74.0 Å². The number of piperidine rings is 3. The zero-order valence-electron chi connectivity index (χ0n) is 37.3. The predicted octanol–water partition coefficient (Wildman–Crippen LogP) is 5.79. The number of hydrogen-bond donors (Lipinski definition) is 4. The second kappa shape index (κ2) is 19.8. The number of ether oxygens (including phenoxy) is 2. The quantitative estimate of drug-likeness (QED) is 0.133. The van der Waals surface area contributed by atoms with Crippen molar-refractivity contribution in [3.8, 4) is 5.75 Å². The van der Waals surface area contributed by atoms with E-state index in [-0.39, 0.29) is 72.8 Å². The number of likely N-dealkylation sites (N-methyl/N-ethyl adjacent to an activating group) is 1. The third-order valence-corrected chi connectivity index (χ3v) is 13.3. The van der Waals surface area contributed by atoms with E-state index in [1.807, 2.05) is 39.0 Å². The number of hydrogen-bond acceptors (Lipinski definition) is 12. The molecule has 18 heteroatoms. The van der Waals surface area contributed by atoms with Crippen LogP contribution in [0.25, 0.3) is 10.9 Å². The van der Waals surface area contributed by atoms with Crippen molar-refractivity contribution in [1.29, 1.82) is 0 Å². The van der Waals surface area contributed by atoms with E-state index in [2.05, 4.69) is 31.2 Å². The molecule has 0 spiro atoms. The Labute approximate surface area is 382 Å². The molecule has 4 aliphatic heterocycles. The fourth-order valence-electron chi connectivity index (χ4n) is 9.32. The highest BCUT2D eigenvalue weighted by Crippen LogP contribution is 2.38. The van der Waals surface area contributed by atoms with Crippen LogP contribution < -0.4 is 36.5 Å². The zero-order chi connectivity index (χ0) is 45.9. The van der Waals surface area contributed by atoms with Crippen molar-refractivity contribution in [2.75, 3.05) is 50.1 Å². The predicted molar refractivity (Wildman–Crippen MR) is 244 cm³/mol. The van der Waals surface area contributed by atoms with Gasteiger partial charge in [-0.15, -0.1) is 0 Å². The fourth-order valence-corrected chi connectivity index (χ4v) is 9.46. The van der Waals surface area contributed by atoms with Crippen LogP contribution in [0.2, 0.25) is 5.02 Å². The van der Waals surface area contributed by atoms with Crippen molar-refractivity contribution in [1.82, 2.24) is 35.4 Å². The first-order chi connectivity index (χ1) is 31.3. The lowest BCUT2D eigenvalue weighted by atomic mass is 9.86. The fraction of sp³-hybridized carbons (Fsp3) is 0.511. The summed E-state index contributed by atoms with van der Waals surface area (Å²) in [5, 5.41) is 12.5. The molecule has 1 aliphatic carbocycles. The molecule has 0 bridgehead atoms. The van der Waals surface area contributed by atoms with Gasteiger partial charge in [-0.2, -0.15) is 4.98 Å². The van der Waals surface area contributed by atoms with E-state index < -0.39 is 11.9 Å². The zero-order valence-corrected chi connectivity index (χ0v) is 38.1. The SMILES string of the molecule is CNC(=O)COc1cc2cc(Nc3nc(N4CCC(OC5CCC5)CC4)ncc3Cl)ccc2n(C(C)C)c1=O.Cc1cc(C2CCNCC2)c(F)c2c1C(=O)N(C1CCC(=O)NC1=O)C2. The van der Waals surface area contributed by atoms with Gasteiger partial charge in [-0.05, 0) is 127 Å². The average molecular weight is 914 g/mol. The smallest absolute Gasteiger partial charge is 0.293 e. The Morgan fingerprint density at radius 1 is 1.00 bits per heavy atom. The van der Waals surface area contributed by atoms with Crippen molar-refractivity contribution < 1.29 is 33.0 Å². The molecule has 9 rings (SSSR count). The molecule has 4 N–H and O–H groups in total. The second-order valence-electron chi connectivity index (χ2n) is 17.8. The van der Waals surface area contributed by atoms with Gasteiger partial charge in [-0.25, -0.2) is 9.37 Å². The monoisotopic (exact) mass is 913 g/mol. The van der Waals surface area contributed by atoms with E-state index in [1.165, 1.54) is 31.2 Å². The summed E-state index contributed by atoms with van der Waals surface area (Å²) >= 11 is 6.47. The van der Waals surface area contributed by atoms with Gasteiger partial charge in [0.05, 0.1) is 36.0 Å². The summed E-state index contributed by atoms with van der Waals surface area (Å²) < 4.78 is 28.7. The largest absolute Gasteiger partial charge is 0.478 e. The van der Waals surface area contributed by atoms with Crippen molar-refractivity contribution in [3.63, 3.8) is 0 Å². The molecule has 4 fully saturated rings. The number of amides is 4. The van der Waals surface area contributed by atoms with Gasteiger partial charge in [0, 0.05) is 49.2 Å². The number of fused-ring (bicyclic) bond motifs is 2. The number of aromatic nitrogens is 3. The first-order valence-corrected chi connectivity index (χ1v) is 23.1. The van der Waals surface area contributed by atoms with Gasteiger partial charge < -0.3 is 39.8 Å². The summed E-state index contributed by atoms with van der Waals surface area (Å²) in [4.78, 5) is 73.9. The van der Waals surface area contributed by atoms with Crippen molar-refractivity contribution in [3.05, 3.63) is 80.0 Å². The number of imide groups is 1.